The summed E-state index contributed by atoms with van der Waals surface area (Å²) in [6.45, 7) is 11.7. The molecule has 0 aromatic heterocycles. The number of allylic oxidation sites excluding steroid dienone is 3. The minimum absolute atomic E-state index is 0.666. The van der Waals surface area contributed by atoms with E-state index < -0.39 is 0 Å². The first-order valence-electron chi connectivity index (χ1n) is 4.13. The van der Waals surface area contributed by atoms with E-state index in [-0.39, 0.29) is 0 Å². The van der Waals surface area contributed by atoms with Crippen LogP contribution in [-0.4, -0.2) is 19.7 Å². The summed E-state index contributed by atoms with van der Waals surface area (Å²) in [6.07, 6.45) is 5.15. The normalized spacial score (nSPS) is 10.9. The number of hydrogen-bond donors (Lipinski definition) is 1. The molecule has 0 amide bonds. The van der Waals surface area contributed by atoms with Gasteiger partial charge in [0, 0.05) is 6.54 Å². The van der Waals surface area contributed by atoms with Crippen molar-refractivity contribution in [3.05, 3.63) is 37.1 Å². The van der Waals surface area contributed by atoms with Crippen molar-refractivity contribution in [3.8, 4) is 0 Å². The van der Waals surface area contributed by atoms with E-state index in [1.807, 2.05) is 0 Å². The molecule has 0 unspecified atom stereocenters. The average molecular weight is 167 g/mol. The van der Waals surface area contributed by atoms with Crippen LogP contribution in [-0.2, 0) is 4.74 Å². The van der Waals surface area contributed by atoms with Crippen molar-refractivity contribution in [1.82, 2.24) is 5.32 Å². The summed E-state index contributed by atoms with van der Waals surface area (Å²) in [5, 5.41) is 3.16. The summed E-state index contributed by atoms with van der Waals surface area (Å²) in [7, 11) is 0. The van der Waals surface area contributed by atoms with Crippen LogP contribution in [0.3, 0.4) is 0 Å². The van der Waals surface area contributed by atoms with Gasteiger partial charge in [-0.15, -0.1) is 0 Å². The van der Waals surface area contributed by atoms with Gasteiger partial charge >= 0.3 is 0 Å². The molecular formula is C10H17NO. The Kier molecular flexibility index (Phi) is 7.39. The van der Waals surface area contributed by atoms with Crippen molar-refractivity contribution < 1.29 is 4.74 Å². The Bertz CT molecular complexity index is 161. The number of hydrogen-bond acceptors (Lipinski definition) is 2. The molecule has 0 fully saturated rings. The molecule has 0 saturated heterocycles. The highest BCUT2D eigenvalue weighted by Crippen LogP contribution is 1.97. The first-order chi connectivity index (χ1) is 5.85. The highest BCUT2D eigenvalue weighted by atomic mass is 16.5. The zero-order chi connectivity index (χ0) is 9.23. The second kappa shape index (κ2) is 8.08. The second-order valence-corrected chi connectivity index (χ2v) is 2.21. The molecule has 0 saturated carbocycles. The van der Waals surface area contributed by atoms with Crippen molar-refractivity contribution in [3.63, 3.8) is 0 Å². The van der Waals surface area contributed by atoms with Gasteiger partial charge in [-0.2, -0.15) is 0 Å². The third-order valence-electron chi connectivity index (χ3n) is 1.28. The van der Waals surface area contributed by atoms with Crippen molar-refractivity contribution in [2.45, 2.75) is 6.92 Å². The molecule has 0 aromatic rings. The molecule has 0 aliphatic heterocycles. The van der Waals surface area contributed by atoms with Crippen molar-refractivity contribution in [1.29, 1.82) is 0 Å². The van der Waals surface area contributed by atoms with Crippen LogP contribution in [0.25, 0.3) is 0 Å². The molecule has 68 valence electrons. The monoisotopic (exact) mass is 167 g/mol. The quantitative estimate of drug-likeness (QED) is 0.355. The summed E-state index contributed by atoms with van der Waals surface area (Å²) < 4.78 is 5.34. The van der Waals surface area contributed by atoms with E-state index in [4.69, 9.17) is 4.74 Å². The Morgan fingerprint density at radius 2 is 2.25 bits per heavy atom. The van der Waals surface area contributed by atoms with Gasteiger partial charge in [0.15, 0.2) is 0 Å². The summed E-state index contributed by atoms with van der Waals surface area (Å²) in [6, 6.07) is 0. The fourth-order valence-corrected chi connectivity index (χ4v) is 0.709. The standard InChI is InChI=1S/C10H17NO/c1-4-7-10(5-2)12-9-8-11-6-3/h4-5,7,11H,1-2,6,8-9H2,3H3/b10-7+. The van der Waals surface area contributed by atoms with Crippen LogP contribution in [0.15, 0.2) is 37.1 Å². The zero-order valence-corrected chi connectivity index (χ0v) is 7.68. The van der Waals surface area contributed by atoms with Gasteiger partial charge in [-0.3, -0.25) is 0 Å². The molecule has 0 radical (unpaired) electrons. The molecule has 0 heterocycles. The van der Waals surface area contributed by atoms with Gasteiger partial charge in [-0.1, -0.05) is 26.2 Å². The molecule has 12 heavy (non-hydrogen) atoms. The molecule has 1 N–H and O–H groups in total. The minimum Gasteiger partial charge on any atom is -0.492 e. The maximum atomic E-state index is 5.34. The predicted octanol–water partition coefficient (Wildman–Crippen LogP) is 1.87. The van der Waals surface area contributed by atoms with E-state index >= 15 is 0 Å². The van der Waals surface area contributed by atoms with Gasteiger partial charge in [-0.25, -0.2) is 0 Å². The van der Waals surface area contributed by atoms with E-state index in [1.165, 1.54) is 0 Å². The SMILES string of the molecule is C=C/C=C(\C=C)OCCNCC. The lowest BCUT2D eigenvalue weighted by atomic mass is 10.4. The number of ether oxygens (including phenoxy) is 1. The molecular weight excluding hydrogens is 150 g/mol. The van der Waals surface area contributed by atoms with Crippen molar-refractivity contribution >= 4 is 0 Å². The fourth-order valence-electron chi connectivity index (χ4n) is 0.709. The lowest BCUT2D eigenvalue weighted by Crippen LogP contribution is -2.18. The van der Waals surface area contributed by atoms with Crippen LogP contribution < -0.4 is 5.32 Å². The molecule has 0 aromatic carbocycles. The summed E-state index contributed by atoms with van der Waals surface area (Å²) in [5.41, 5.74) is 0. The molecule has 0 spiro atoms. The van der Waals surface area contributed by atoms with Crippen molar-refractivity contribution in [2.24, 2.45) is 0 Å². The van der Waals surface area contributed by atoms with Gasteiger partial charge < -0.3 is 10.1 Å². The Hall–Kier alpha value is -1.02. The fraction of sp³-hybridized carbons (Fsp3) is 0.400. The van der Waals surface area contributed by atoms with Crippen LogP contribution >= 0.6 is 0 Å². The molecule has 0 bridgehead atoms. The van der Waals surface area contributed by atoms with Crippen LogP contribution in [0, 0.1) is 0 Å². The van der Waals surface area contributed by atoms with Crippen LogP contribution in [0.2, 0.25) is 0 Å². The lowest BCUT2D eigenvalue weighted by Gasteiger charge is -2.05. The van der Waals surface area contributed by atoms with E-state index in [0.29, 0.717) is 6.61 Å². The molecule has 0 aliphatic rings. The first kappa shape index (κ1) is 11.0. The maximum Gasteiger partial charge on any atom is 0.118 e. The summed E-state index contributed by atoms with van der Waals surface area (Å²) >= 11 is 0. The Labute approximate surface area is 74.6 Å². The van der Waals surface area contributed by atoms with Crippen LogP contribution in [0.4, 0.5) is 0 Å². The second-order valence-electron chi connectivity index (χ2n) is 2.21. The Balaban J connectivity index is 3.51. The highest BCUT2D eigenvalue weighted by molar-refractivity contribution is 5.14. The third kappa shape index (κ3) is 5.74. The average Bonchev–Trinajstić information content (AvgIpc) is 2.10. The van der Waals surface area contributed by atoms with E-state index in [0.717, 1.165) is 18.8 Å². The van der Waals surface area contributed by atoms with E-state index in [2.05, 4.69) is 25.4 Å². The molecule has 0 aliphatic carbocycles. The van der Waals surface area contributed by atoms with Gasteiger partial charge in [0.2, 0.25) is 0 Å². The number of nitrogens with one attached hydrogen (secondary N) is 1. The molecule has 2 heteroatoms. The summed E-state index contributed by atoms with van der Waals surface area (Å²) in [4.78, 5) is 0. The number of rotatable bonds is 7. The predicted molar refractivity (Wildman–Crippen MR) is 53.0 cm³/mol. The van der Waals surface area contributed by atoms with Gasteiger partial charge in [0.25, 0.3) is 0 Å². The number of likely N-dealkylation sites (N-methyl/N-ethyl adjacent to an activating group) is 1. The topological polar surface area (TPSA) is 21.3 Å². The van der Waals surface area contributed by atoms with Gasteiger partial charge in [0.1, 0.15) is 12.4 Å². The molecule has 0 rings (SSSR count). The van der Waals surface area contributed by atoms with Gasteiger partial charge in [-0.05, 0) is 18.7 Å². The third-order valence-corrected chi connectivity index (χ3v) is 1.28. The highest BCUT2D eigenvalue weighted by Gasteiger charge is 1.89. The van der Waals surface area contributed by atoms with Crippen LogP contribution in [0.1, 0.15) is 6.92 Å². The molecule has 2 nitrogen and oxygen atoms in total. The van der Waals surface area contributed by atoms with Gasteiger partial charge in [0.05, 0.1) is 0 Å². The smallest absolute Gasteiger partial charge is 0.118 e. The maximum absolute atomic E-state index is 5.34. The largest absolute Gasteiger partial charge is 0.492 e. The summed E-state index contributed by atoms with van der Waals surface area (Å²) in [5.74, 6) is 0.767. The molecule has 0 atom stereocenters. The lowest BCUT2D eigenvalue weighted by molar-refractivity contribution is 0.225. The van der Waals surface area contributed by atoms with E-state index in [9.17, 15) is 0 Å². The Morgan fingerprint density at radius 1 is 1.50 bits per heavy atom. The zero-order valence-electron chi connectivity index (χ0n) is 7.68. The van der Waals surface area contributed by atoms with E-state index in [1.54, 1.807) is 18.2 Å². The first-order valence-corrected chi connectivity index (χ1v) is 4.13. The Morgan fingerprint density at radius 3 is 2.75 bits per heavy atom. The minimum atomic E-state index is 0.666. The van der Waals surface area contributed by atoms with Crippen LogP contribution in [0.5, 0.6) is 0 Å². The van der Waals surface area contributed by atoms with Crippen molar-refractivity contribution in [2.75, 3.05) is 19.7 Å².